The Kier molecular flexibility index (Phi) is 7.71. The van der Waals surface area contributed by atoms with Gasteiger partial charge in [-0.05, 0) is 30.7 Å². The zero-order chi connectivity index (χ0) is 17.0. The number of carbonyl (C=O) groups is 1. The number of rotatable bonds is 4. The van der Waals surface area contributed by atoms with E-state index in [4.69, 9.17) is 10.5 Å². The van der Waals surface area contributed by atoms with Gasteiger partial charge in [0.2, 0.25) is 5.91 Å². The van der Waals surface area contributed by atoms with Crippen LogP contribution in [0.15, 0.2) is 24.3 Å². The summed E-state index contributed by atoms with van der Waals surface area (Å²) in [5, 5.41) is 3.03. The van der Waals surface area contributed by atoms with Crippen LogP contribution in [-0.4, -0.2) is 25.1 Å². The number of benzene rings is 1. The highest BCUT2D eigenvalue weighted by molar-refractivity contribution is 5.85. The molecule has 0 radical (unpaired) electrons. The molecular formula is C19H31ClN2O2. The number of aryl methyl sites for hydroxylation is 1. The Morgan fingerprint density at radius 2 is 1.96 bits per heavy atom. The van der Waals surface area contributed by atoms with E-state index in [1.807, 2.05) is 20.8 Å². The Hall–Kier alpha value is -1.10. The molecule has 1 aromatic carbocycles. The minimum atomic E-state index is -0.496. The molecule has 4 nitrogen and oxygen atoms in total. The molecule has 1 heterocycles. The topological polar surface area (TPSA) is 64.3 Å². The molecule has 0 aromatic heterocycles. The van der Waals surface area contributed by atoms with Crippen molar-refractivity contribution in [2.75, 3.05) is 13.2 Å². The molecule has 1 aliphatic heterocycles. The van der Waals surface area contributed by atoms with E-state index in [1.54, 1.807) is 0 Å². The summed E-state index contributed by atoms with van der Waals surface area (Å²) in [6, 6.07) is 7.98. The molecule has 1 aromatic rings. The van der Waals surface area contributed by atoms with Crippen molar-refractivity contribution in [1.29, 1.82) is 0 Å². The van der Waals surface area contributed by atoms with E-state index >= 15 is 0 Å². The van der Waals surface area contributed by atoms with E-state index < -0.39 is 6.04 Å². The zero-order valence-electron chi connectivity index (χ0n) is 15.2. The fourth-order valence-corrected chi connectivity index (χ4v) is 2.91. The summed E-state index contributed by atoms with van der Waals surface area (Å²) in [5.41, 5.74) is 8.23. The molecule has 0 aliphatic carbocycles. The number of nitrogens with two attached hydrogens (primary N) is 1. The lowest BCUT2D eigenvalue weighted by Crippen LogP contribution is -2.50. The first-order valence-corrected chi connectivity index (χ1v) is 8.50. The Morgan fingerprint density at radius 3 is 2.54 bits per heavy atom. The van der Waals surface area contributed by atoms with Gasteiger partial charge in [-0.2, -0.15) is 0 Å². The smallest absolute Gasteiger partial charge is 0.237 e. The second-order valence-corrected chi connectivity index (χ2v) is 7.69. The maximum absolute atomic E-state index is 12.2. The Balaban J connectivity index is 0.00000288. The lowest BCUT2D eigenvalue weighted by atomic mass is 9.86. The maximum atomic E-state index is 12.2. The van der Waals surface area contributed by atoms with Gasteiger partial charge in [-0.1, -0.05) is 50.6 Å². The monoisotopic (exact) mass is 354 g/mol. The molecule has 5 heteroatoms. The van der Waals surface area contributed by atoms with E-state index in [0.29, 0.717) is 12.5 Å². The number of carbonyl (C=O) groups excluding carboxylic acids is 1. The van der Waals surface area contributed by atoms with Gasteiger partial charge in [0, 0.05) is 19.1 Å². The standard InChI is InChI=1S/C19H30N2O2.ClH/c1-13-7-9-14(10-8-13)16-15(6-5-11-23-16)12-21-18(22)17(20)19(2,3)4;/h7-10,15-17H,5-6,11-12,20H2,1-4H3,(H,21,22);1H/t15?,16?,17-;/m1./s1. The van der Waals surface area contributed by atoms with Crippen LogP contribution in [0.3, 0.4) is 0 Å². The van der Waals surface area contributed by atoms with Crippen LogP contribution in [0, 0.1) is 18.3 Å². The van der Waals surface area contributed by atoms with E-state index in [9.17, 15) is 4.79 Å². The molecule has 2 rings (SSSR count). The van der Waals surface area contributed by atoms with E-state index in [1.165, 1.54) is 11.1 Å². The van der Waals surface area contributed by atoms with Crippen molar-refractivity contribution >= 4 is 18.3 Å². The summed E-state index contributed by atoms with van der Waals surface area (Å²) in [5.74, 6) is 0.216. The second-order valence-electron chi connectivity index (χ2n) is 7.69. The SMILES string of the molecule is Cc1ccc(C2OCCCC2CNC(=O)[C@@H](N)C(C)(C)C)cc1.Cl. The first-order valence-electron chi connectivity index (χ1n) is 8.50. The summed E-state index contributed by atoms with van der Waals surface area (Å²) in [6.45, 7) is 9.42. The van der Waals surface area contributed by atoms with E-state index in [2.05, 4.69) is 36.5 Å². The van der Waals surface area contributed by atoms with Gasteiger partial charge in [0.05, 0.1) is 12.1 Å². The molecule has 136 valence electrons. The minimum Gasteiger partial charge on any atom is -0.373 e. The highest BCUT2D eigenvalue weighted by Gasteiger charge is 2.31. The van der Waals surface area contributed by atoms with Crippen molar-refractivity contribution in [3.05, 3.63) is 35.4 Å². The maximum Gasteiger partial charge on any atom is 0.237 e. The number of ether oxygens (including phenoxy) is 1. The zero-order valence-corrected chi connectivity index (χ0v) is 16.0. The third-order valence-electron chi connectivity index (χ3n) is 4.60. The highest BCUT2D eigenvalue weighted by Crippen LogP contribution is 2.33. The molecule has 2 unspecified atom stereocenters. The van der Waals surface area contributed by atoms with E-state index in [0.717, 1.165) is 19.4 Å². The molecule has 1 aliphatic rings. The van der Waals surface area contributed by atoms with Gasteiger partial charge in [-0.3, -0.25) is 4.79 Å². The summed E-state index contributed by atoms with van der Waals surface area (Å²) in [7, 11) is 0. The molecule has 0 saturated carbocycles. The molecule has 1 amide bonds. The van der Waals surface area contributed by atoms with Crippen LogP contribution in [0.1, 0.15) is 50.8 Å². The van der Waals surface area contributed by atoms with Crippen molar-refractivity contribution in [3.8, 4) is 0 Å². The summed E-state index contributed by atoms with van der Waals surface area (Å²) in [6.07, 6.45) is 2.15. The number of nitrogens with one attached hydrogen (secondary N) is 1. The van der Waals surface area contributed by atoms with E-state index in [-0.39, 0.29) is 29.8 Å². The van der Waals surface area contributed by atoms with Crippen LogP contribution in [0.2, 0.25) is 0 Å². The lowest BCUT2D eigenvalue weighted by Gasteiger charge is -2.33. The van der Waals surface area contributed by atoms with Crippen molar-refractivity contribution in [1.82, 2.24) is 5.32 Å². The molecule has 3 atom stereocenters. The number of amides is 1. The fraction of sp³-hybridized carbons (Fsp3) is 0.632. The predicted molar refractivity (Wildman–Crippen MR) is 100 cm³/mol. The summed E-state index contributed by atoms with van der Waals surface area (Å²) >= 11 is 0. The normalized spacial score (nSPS) is 22.4. The average molecular weight is 355 g/mol. The van der Waals surface area contributed by atoms with Gasteiger partial charge < -0.3 is 15.8 Å². The molecule has 0 spiro atoms. The van der Waals surface area contributed by atoms with Crippen molar-refractivity contribution < 1.29 is 9.53 Å². The third-order valence-corrected chi connectivity index (χ3v) is 4.60. The van der Waals surface area contributed by atoms with Gasteiger partial charge in [0.25, 0.3) is 0 Å². The molecule has 1 fully saturated rings. The summed E-state index contributed by atoms with van der Waals surface area (Å²) < 4.78 is 5.99. The summed E-state index contributed by atoms with van der Waals surface area (Å²) in [4.78, 5) is 12.2. The Bertz CT molecular complexity index is 525. The van der Waals surface area contributed by atoms with Gasteiger partial charge in [0.1, 0.15) is 0 Å². The van der Waals surface area contributed by atoms with Crippen molar-refractivity contribution in [2.45, 2.75) is 52.7 Å². The van der Waals surface area contributed by atoms with Crippen molar-refractivity contribution in [2.24, 2.45) is 17.1 Å². The number of hydrogen-bond acceptors (Lipinski definition) is 3. The predicted octanol–water partition coefficient (Wildman–Crippen LogP) is 3.37. The Labute approximate surface area is 151 Å². The molecular weight excluding hydrogens is 324 g/mol. The van der Waals surface area contributed by atoms with Crippen LogP contribution in [0.5, 0.6) is 0 Å². The quantitative estimate of drug-likeness (QED) is 0.871. The van der Waals surface area contributed by atoms with Gasteiger partial charge >= 0.3 is 0 Å². The minimum absolute atomic E-state index is 0. The van der Waals surface area contributed by atoms with Gasteiger partial charge in [0.15, 0.2) is 0 Å². The average Bonchev–Trinajstić information content (AvgIpc) is 2.52. The van der Waals surface area contributed by atoms with Gasteiger partial charge in [-0.25, -0.2) is 0 Å². The van der Waals surface area contributed by atoms with Crippen LogP contribution in [0.4, 0.5) is 0 Å². The molecule has 3 N–H and O–H groups in total. The second kappa shape index (κ2) is 8.84. The lowest BCUT2D eigenvalue weighted by molar-refractivity contribution is -0.125. The Morgan fingerprint density at radius 1 is 1.33 bits per heavy atom. The van der Waals surface area contributed by atoms with Crippen LogP contribution < -0.4 is 11.1 Å². The molecule has 0 bridgehead atoms. The van der Waals surface area contributed by atoms with Crippen molar-refractivity contribution in [3.63, 3.8) is 0 Å². The fourth-order valence-electron chi connectivity index (χ4n) is 2.91. The number of hydrogen-bond donors (Lipinski definition) is 2. The van der Waals surface area contributed by atoms with Crippen LogP contribution >= 0.6 is 12.4 Å². The van der Waals surface area contributed by atoms with Gasteiger partial charge in [-0.15, -0.1) is 12.4 Å². The largest absolute Gasteiger partial charge is 0.373 e. The first-order chi connectivity index (χ1) is 10.8. The third kappa shape index (κ3) is 5.47. The molecule has 1 saturated heterocycles. The van der Waals surface area contributed by atoms with Crippen LogP contribution in [0.25, 0.3) is 0 Å². The first kappa shape index (κ1) is 20.9. The number of halogens is 1. The highest BCUT2D eigenvalue weighted by atomic mass is 35.5. The van der Waals surface area contributed by atoms with Crippen LogP contribution in [-0.2, 0) is 9.53 Å². The molecule has 24 heavy (non-hydrogen) atoms.